The Morgan fingerprint density at radius 1 is 1.50 bits per heavy atom. The molecule has 0 radical (unpaired) electrons. The van der Waals surface area contributed by atoms with Crippen LogP contribution in [0.3, 0.4) is 0 Å². The van der Waals surface area contributed by atoms with E-state index >= 15 is 0 Å². The van der Waals surface area contributed by atoms with Crippen molar-refractivity contribution in [2.45, 2.75) is 6.92 Å². The number of carbonyl (C=O) groups is 1. The number of nitrogens with zero attached hydrogens (tertiary/aromatic N) is 1. The molecule has 0 aromatic rings. The fourth-order valence-electron chi connectivity index (χ4n) is 1.28. The lowest BCUT2D eigenvalue weighted by Crippen LogP contribution is -2.35. The Bertz CT molecular complexity index is 342. The van der Waals surface area contributed by atoms with Gasteiger partial charge >= 0.3 is 5.97 Å². The predicted molar refractivity (Wildman–Crippen MR) is 53.9 cm³/mol. The molecule has 1 aliphatic rings. The highest BCUT2D eigenvalue weighted by atomic mass is 16.5. The molecule has 1 rings (SSSR count). The second-order valence-corrected chi connectivity index (χ2v) is 3.06. The molecular formula is C10H14N2O2. The van der Waals surface area contributed by atoms with E-state index in [1.54, 1.807) is 4.90 Å². The van der Waals surface area contributed by atoms with Gasteiger partial charge in [0, 0.05) is 18.4 Å². The molecule has 0 saturated carbocycles. The first kappa shape index (κ1) is 10.4. The van der Waals surface area contributed by atoms with E-state index in [0.29, 0.717) is 17.1 Å². The van der Waals surface area contributed by atoms with Gasteiger partial charge in [0.15, 0.2) is 0 Å². The first-order valence-electron chi connectivity index (χ1n) is 4.17. The van der Waals surface area contributed by atoms with Crippen LogP contribution in [0.1, 0.15) is 6.92 Å². The summed E-state index contributed by atoms with van der Waals surface area (Å²) >= 11 is 0. The SMILES string of the molecule is C=C1NC(=C)N(C)C(C)=C1C(=O)OC. The third-order valence-electron chi connectivity index (χ3n) is 2.26. The molecule has 14 heavy (non-hydrogen) atoms. The van der Waals surface area contributed by atoms with Crippen LogP contribution in [-0.2, 0) is 9.53 Å². The smallest absolute Gasteiger partial charge is 0.341 e. The standard InChI is InChI=1S/C10H14N2O2/c1-6-9(10(13)14-5)7(2)12(4)8(3)11-6/h11H,1,3H2,2,4-5H3. The summed E-state index contributed by atoms with van der Waals surface area (Å²) in [6.07, 6.45) is 0. The summed E-state index contributed by atoms with van der Waals surface area (Å²) in [4.78, 5) is 13.2. The van der Waals surface area contributed by atoms with Gasteiger partial charge in [0.2, 0.25) is 0 Å². The van der Waals surface area contributed by atoms with Gasteiger partial charge in [-0.05, 0) is 6.92 Å². The van der Waals surface area contributed by atoms with Gasteiger partial charge in [-0.3, -0.25) is 0 Å². The molecule has 0 bridgehead atoms. The van der Waals surface area contributed by atoms with Crippen molar-refractivity contribution in [1.82, 2.24) is 10.2 Å². The maximum absolute atomic E-state index is 11.4. The zero-order valence-electron chi connectivity index (χ0n) is 8.68. The number of carbonyl (C=O) groups excluding carboxylic acids is 1. The number of ether oxygens (including phenoxy) is 1. The van der Waals surface area contributed by atoms with Gasteiger partial charge in [0.25, 0.3) is 0 Å². The number of allylic oxidation sites excluding steroid dienone is 1. The molecule has 0 unspecified atom stereocenters. The quantitative estimate of drug-likeness (QED) is 0.631. The number of nitrogens with one attached hydrogen (secondary N) is 1. The number of rotatable bonds is 1. The third kappa shape index (κ3) is 1.51. The first-order valence-corrected chi connectivity index (χ1v) is 4.17. The van der Waals surface area contributed by atoms with E-state index < -0.39 is 0 Å². The van der Waals surface area contributed by atoms with E-state index in [1.165, 1.54) is 7.11 Å². The van der Waals surface area contributed by atoms with Crippen LogP contribution in [0, 0.1) is 0 Å². The molecule has 0 atom stereocenters. The van der Waals surface area contributed by atoms with Crippen LogP contribution in [0.15, 0.2) is 35.9 Å². The van der Waals surface area contributed by atoms with Crippen LogP contribution in [-0.4, -0.2) is 25.0 Å². The number of hydrogen-bond acceptors (Lipinski definition) is 4. The molecule has 4 nitrogen and oxygen atoms in total. The normalized spacial score (nSPS) is 16.9. The van der Waals surface area contributed by atoms with Gasteiger partial charge in [-0.1, -0.05) is 13.2 Å². The zero-order chi connectivity index (χ0) is 10.9. The highest BCUT2D eigenvalue weighted by molar-refractivity contribution is 5.94. The molecule has 0 saturated heterocycles. The maximum atomic E-state index is 11.4. The summed E-state index contributed by atoms with van der Waals surface area (Å²) in [5.74, 6) is 0.305. The number of hydrogen-bond donors (Lipinski definition) is 1. The molecule has 76 valence electrons. The second kappa shape index (κ2) is 3.57. The van der Waals surface area contributed by atoms with Crippen molar-refractivity contribution in [2.75, 3.05) is 14.2 Å². The van der Waals surface area contributed by atoms with Crippen molar-refractivity contribution in [2.24, 2.45) is 0 Å². The Morgan fingerprint density at radius 3 is 2.57 bits per heavy atom. The maximum Gasteiger partial charge on any atom is 0.341 e. The Kier molecular flexibility index (Phi) is 2.65. The van der Waals surface area contributed by atoms with Crippen molar-refractivity contribution in [1.29, 1.82) is 0 Å². The summed E-state index contributed by atoms with van der Waals surface area (Å²) in [7, 11) is 3.17. The van der Waals surface area contributed by atoms with Gasteiger partial charge in [-0.2, -0.15) is 0 Å². The molecule has 0 fully saturated rings. The van der Waals surface area contributed by atoms with E-state index in [0.717, 1.165) is 5.70 Å². The highest BCUT2D eigenvalue weighted by Gasteiger charge is 2.25. The van der Waals surface area contributed by atoms with Crippen molar-refractivity contribution in [3.05, 3.63) is 35.9 Å². The summed E-state index contributed by atoms with van der Waals surface area (Å²) in [6, 6.07) is 0. The van der Waals surface area contributed by atoms with E-state index in [2.05, 4.69) is 23.2 Å². The fraction of sp³-hybridized carbons (Fsp3) is 0.300. The van der Waals surface area contributed by atoms with E-state index in [9.17, 15) is 4.79 Å². The van der Waals surface area contributed by atoms with Crippen LogP contribution in [0.5, 0.6) is 0 Å². The van der Waals surface area contributed by atoms with Crippen LogP contribution >= 0.6 is 0 Å². The molecule has 0 amide bonds. The molecule has 0 spiro atoms. The molecule has 0 aromatic carbocycles. The summed E-state index contributed by atoms with van der Waals surface area (Å²) in [6.45, 7) is 9.35. The van der Waals surface area contributed by atoms with Crippen molar-refractivity contribution < 1.29 is 9.53 Å². The molecule has 0 aliphatic carbocycles. The Morgan fingerprint density at radius 2 is 2.07 bits per heavy atom. The Labute approximate surface area is 83.5 Å². The third-order valence-corrected chi connectivity index (χ3v) is 2.26. The van der Waals surface area contributed by atoms with Gasteiger partial charge in [0.05, 0.1) is 7.11 Å². The van der Waals surface area contributed by atoms with Crippen molar-refractivity contribution in [3.63, 3.8) is 0 Å². The van der Waals surface area contributed by atoms with Crippen LogP contribution in [0.25, 0.3) is 0 Å². The minimum Gasteiger partial charge on any atom is -0.465 e. The van der Waals surface area contributed by atoms with E-state index in [1.807, 2.05) is 14.0 Å². The average Bonchev–Trinajstić information content (AvgIpc) is 2.14. The van der Waals surface area contributed by atoms with E-state index in [-0.39, 0.29) is 5.97 Å². The van der Waals surface area contributed by atoms with Crippen molar-refractivity contribution >= 4 is 5.97 Å². The zero-order valence-corrected chi connectivity index (χ0v) is 8.68. The van der Waals surface area contributed by atoms with Gasteiger partial charge in [0.1, 0.15) is 11.4 Å². The van der Waals surface area contributed by atoms with Crippen LogP contribution in [0.2, 0.25) is 0 Å². The Hall–Kier alpha value is -1.71. The van der Waals surface area contributed by atoms with E-state index in [4.69, 9.17) is 0 Å². The van der Waals surface area contributed by atoms with Gasteiger partial charge < -0.3 is 15.0 Å². The molecule has 0 aromatic heterocycles. The topological polar surface area (TPSA) is 41.6 Å². The van der Waals surface area contributed by atoms with Gasteiger partial charge in [-0.25, -0.2) is 4.79 Å². The largest absolute Gasteiger partial charge is 0.465 e. The molecule has 1 N–H and O–H groups in total. The lowest BCUT2D eigenvalue weighted by atomic mass is 10.1. The fourth-order valence-corrected chi connectivity index (χ4v) is 1.28. The summed E-state index contributed by atoms with van der Waals surface area (Å²) in [5, 5.41) is 2.90. The molecular weight excluding hydrogens is 180 g/mol. The highest BCUT2D eigenvalue weighted by Crippen LogP contribution is 2.23. The molecule has 1 aliphatic heterocycles. The monoisotopic (exact) mass is 194 g/mol. The predicted octanol–water partition coefficient (Wildman–Crippen LogP) is 0.953. The molecule has 1 heterocycles. The molecule has 4 heteroatoms. The Balaban J connectivity index is 3.17. The van der Waals surface area contributed by atoms with Gasteiger partial charge in [-0.15, -0.1) is 0 Å². The number of esters is 1. The number of methoxy groups -OCH3 is 1. The first-order chi connectivity index (χ1) is 6.49. The van der Waals surface area contributed by atoms with Crippen LogP contribution in [0.4, 0.5) is 0 Å². The summed E-state index contributed by atoms with van der Waals surface area (Å²) < 4.78 is 4.66. The van der Waals surface area contributed by atoms with Crippen LogP contribution < -0.4 is 5.32 Å². The lowest BCUT2D eigenvalue weighted by Gasteiger charge is -2.31. The average molecular weight is 194 g/mol. The van der Waals surface area contributed by atoms with Crippen molar-refractivity contribution in [3.8, 4) is 0 Å². The lowest BCUT2D eigenvalue weighted by molar-refractivity contribution is -0.136. The summed E-state index contributed by atoms with van der Waals surface area (Å²) in [5.41, 5.74) is 1.77. The minimum atomic E-state index is -0.389. The minimum absolute atomic E-state index is 0.389. The second-order valence-electron chi connectivity index (χ2n) is 3.06.